The van der Waals surface area contributed by atoms with Crippen LogP contribution >= 0.6 is 0 Å². The molecule has 1 aliphatic heterocycles. The van der Waals surface area contributed by atoms with Crippen molar-refractivity contribution in [1.82, 2.24) is 30.5 Å². The number of carbonyl (C=O) groups is 6. The number of hydrazine groups is 1. The van der Waals surface area contributed by atoms with Gasteiger partial charge in [-0.15, -0.1) is 0 Å². The van der Waals surface area contributed by atoms with Gasteiger partial charge in [-0.25, -0.2) is 0 Å². The fourth-order valence-electron chi connectivity index (χ4n) is 5.86. The molecule has 3 aromatic rings. The molecule has 1 radical (unpaired) electrons. The molecule has 3 N–H and O–H groups in total. The Morgan fingerprint density at radius 2 is 1.13 bits per heavy atom. The Hall–Kier alpha value is -3.50. The molecule has 0 spiro atoms. The zero-order valence-corrected chi connectivity index (χ0v) is 34.2. The molecule has 1 heterocycles. The number of benzene rings is 3. The van der Waals surface area contributed by atoms with Gasteiger partial charge in [-0.05, 0) is 40.6 Å². The van der Waals surface area contributed by atoms with Gasteiger partial charge in [-0.3, -0.25) is 40.0 Å². The molecule has 4 rings (SSSR count). The maximum Gasteiger partial charge on any atom is 3.00 e. The SMILES string of the molecule is O=C([O-])CN1CCN(CC(=O)[O-])CCN(C(C(=O)[O-])c2ccc(OCC(=O)NNC(=O)c3cc4ccccc4cc3O)cc2)CCN(CC(=O)[O-])CC1.[Gd+3].[Na+]. The first-order chi connectivity index (χ1) is 25.3. The van der Waals surface area contributed by atoms with Crippen LogP contribution in [0.25, 0.3) is 10.8 Å². The van der Waals surface area contributed by atoms with Gasteiger partial charge < -0.3 is 49.4 Å². The normalized spacial score (nSPS) is 15.5. The molecule has 1 saturated heterocycles. The third kappa shape index (κ3) is 15.5. The second-order valence-corrected chi connectivity index (χ2v) is 12.3. The molecule has 0 saturated carbocycles. The van der Waals surface area contributed by atoms with Crippen molar-refractivity contribution in [1.29, 1.82) is 0 Å². The summed E-state index contributed by atoms with van der Waals surface area (Å²) in [6.45, 7) is -1.59. The molecule has 289 valence electrons. The van der Waals surface area contributed by atoms with Crippen LogP contribution < -0.4 is 65.6 Å². The van der Waals surface area contributed by atoms with Crippen LogP contribution in [0.15, 0.2) is 60.7 Å². The van der Waals surface area contributed by atoms with Crippen molar-refractivity contribution in [2.45, 2.75) is 6.04 Å². The van der Waals surface area contributed by atoms with E-state index < -0.39 is 68.0 Å². The number of rotatable bonds is 13. The molecular formula is C35H38GdN6NaO12. The first-order valence-electron chi connectivity index (χ1n) is 16.5. The predicted molar refractivity (Wildman–Crippen MR) is 177 cm³/mol. The van der Waals surface area contributed by atoms with Gasteiger partial charge in [0, 0.05) is 72.0 Å². The molecule has 3 aromatic carbocycles. The van der Waals surface area contributed by atoms with E-state index in [2.05, 4.69) is 10.9 Å². The summed E-state index contributed by atoms with van der Waals surface area (Å²) in [6.07, 6.45) is 0. The number of fused-ring (bicyclic) bond motifs is 1. The molecule has 1 aliphatic rings. The Morgan fingerprint density at radius 1 is 0.673 bits per heavy atom. The van der Waals surface area contributed by atoms with E-state index in [-0.39, 0.29) is 144 Å². The molecule has 55 heavy (non-hydrogen) atoms. The monoisotopic (exact) mass is 915 g/mol. The minimum Gasteiger partial charge on any atom is -0.549 e. The summed E-state index contributed by atoms with van der Waals surface area (Å²) in [6, 6.07) is 14.3. The number of aliphatic carboxylic acids is 4. The number of carboxylic acid groups (broad SMARTS) is 4. The van der Waals surface area contributed by atoms with Gasteiger partial charge in [-0.2, -0.15) is 0 Å². The van der Waals surface area contributed by atoms with E-state index in [1.807, 2.05) is 0 Å². The topological polar surface area (TPSA) is 261 Å². The largest absolute Gasteiger partial charge is 3.00 e. The second kappa shape index (κ2) is 23.5. The fraction of sp³-hybridized carbons (Fsp3) is 0.371. The van der Waals surface area contributed by atoms with Gasteiger partial charge in [0.15, 0.2) is 6.61 Å². The first kappa shape index (κ1) is 47.7. The Balaban J connectivity index is 0.00000523. The number of phenolic OH excluding ortho intramolecular Hbond substituents is 1. The van der Waals surface area contributed by atoms with Crippen molar-refractivity contribution < 1.29 is 129 Å². The maximum absolute atomic E-state index is 12.6. The molecule has 2 amide bonds. The van der Waals surface area contributed by atoms with E-state index in [1.54, 1.807) is 24.3 Å². The van der Waals surface area contributed by atoms with Gasteiger partial charge in [-0.1, -0.05) is 36.4 Å². The van der Waals surface area contributed by atoms with Gasteiger partial charge in [0.2, 0.25) is 0 Å². The van der Waals surface area contributed by atoms with E-state index in [0.717, 1.165) is 5.39 Å². The van der Waals surface area contributed by atoms with Crippen LogP contribution in [0.2, 0.25) is 0 Å². The number of phenols is 1. The number of carbonyl (C=O) groups excluding carboxylic acids is 6. The third-order valence-electron chi connectivity index (χ3n) is 8.51. The standard InChI is InChI=1S/C35H42N6O12.Gd.Na/c42-28-18-25-4-2-1-3-24(25)17-27(28)34(50)37-36-29(43)22-53-26-7-5-23(6-8-26)33(35(51)52)41-15-13-39(20-31(46)47)11-9-38(19-30(44)45)10-12-40(14-16-41)21-32(48)49;;/h1-8,17-18,33,42H,9-16,19-22H2,(H,36,43)(H,37,50)(H,44,45)(H,46,47)(H,48,49)(H,51,52);;/q;+3;+1/p-4. The quantitative estimate of drug-likeness (QED) is 0.106. The Morgan fingerprint density at radius 3 is 1.58 bits per heavy atom. The Labute approximate surface area is 370 Å². The summed E-state index contributed by atoms with van der Waals surface area (Å²) in [7, 11) is 0. The summed E-state index contributed by atoms with van der Waals surface area (Å²) in [5, 5.41) is 58.5. The summed E-state index contributed by atoms with van der Waals surface area (Å²) >= 11 is 0. The van der Waals surface area contributed by atoms with Gasteiger partial charge >= 0.3 is 69.5 Å². The van der Waals surface area contributed by atoms with Crippen molar-refractivity contribution in [3.63, 3.8) is 0 Å². The number of aromatic hydroxyl groups is 1. The second-order valence-electron chi connectivity index (χ2n) is 12.3. The molecule has 1 unspecified atom stereocenters. The molecule has 20 heteroatoms. The predicted octanol–water partition coefficient (Wildman–Crippen LogP) is -8.35. The minimum atomic E-state index is -1.49. The molecule has 0 bridgehead atoms. The Bertz CT molecular complexity index is 1770. The summed E-state index contributed by atoms with van der Waals surface area (Å²) in [4.78, 5) is 77.8. The van der Waals surface area contributed by atoms with E-state index >= 15 is 0 Å². The molecule has 0 aromatic heterocycles. The first-order valence-corrected chi connectivity index (χ1v) is 16.5. The van der Waals surface area contributed by atoms with Crippen LogP contribution in [0.5, 0.6) is 11.5 Å². The number of hydrogen-bond acceptors (Lipinski definition) is 16. The summed E-state index contributed by atoms with van der Waals surface area (Å²) in [5.41, 5.74) is 4.60. The zero-order chi connectivity index (χ0) is 38.5. The van der Waals surface area contributed by atoms with Crippen LogP contribution in [0.3, 0.4) is 0 Å². The van der Waals surface area contributed by atoms with Gasteiger partial charge in [0.05, 0.1) is 35.5 Å². The zero-order valence-electron chi connectivity index (χ0n) is 29.9. The average molecular weight is 915 g/mol. The smallest absolute Gasteiger partial charge is 0.549 e. The van der Waals surface area contributed by atoms with Crippen LogP contribution in [0.1, 0.15) is 22.0 Å². The minimum absolute atomic E-state index is 0. The average Bonchev–Trinajstić information content (AvgIpc) is 3.10. The van der Waals surface area contributed by atoms with Crippen LogP contribution in [0, 0.1) is 39.9 Å². The molecule has 1 fully saturated rings. The number of carboxylic acids is 4. The number of nitrogens with zero attached hydrogens (tertiary/aromatic N) is 4. The van der Waals surface area contributed by atoms with E-state index in [1.165, 1.54) is 56.0 Å². The van der Waals surface area contributed by atoms with Crippen LogP contribution in [-0.2, 0) is 24.0 Å². The molecule has 0 aliphatic carbocycles. The van der Waals surface area contributed by atoms with Crippen molar-refractivity contribution in [2.24, 2.45) is 0 Å². The summed E-state index contributed by atoms with van der Waals surface area (Å²) < 4.78 is 5.48. The number of nitrogens with one attached hydrogen (secondary N) is 2. The van der Waals surface area contributed by atoms with E-state index in [0.29, 0.717) is 5.39 Å². The summed E-state index contributed by atoms with van der Waals surface area (Å²) in [5.74, 6) is -7.22. The number of hydrogen-bond donors (Lipinski definition) is 3. The molecule has 18 nitrogen and oxygen atoms in total. The van der Waals surface area contributed by atoms with Crippen LogP contribution in [0.4, 0.5) is 0 Å². The maximum atomic E-state index is 12.6. The Kier molecular flexibility index (Phi) is 20.4. The number of amides is 2. The third-order valence-corrected chi connectivity index (χ3v) is 8.51. The van der Waals surface area contributed by atoms with E-state index in [9.17, 15) is 54.3 Å². The van der Waals surface area contributed by atoms with Crippen LogP contribution in [-0.4, -0.2) is 139 Å². The van der Waals surface area contributed by atoms with Crippen molar-refractivity contribution in [2.75, 3.05) is 78.6 Å². The van der Waals surface area contributed by atoms with E-state index in [4.69, 9.17) is 4.74 Å². The van der Waals surface area contributed by atoms with Crippen molar-refractivity contribution in [3.8, 4) is 11.5 Å². The van der Waals surface area contributed by atoms with Gasteiger partial charge in [0.1, 0.15) is 11.5 Å². The van der Waals surface area contributed by atoms with Crippen molar-refractivity contribution in [3.05, 3.63) is 71.8 Å². The fourth-order valence-corrected chi connectivity index (χ4v) is 5.86. The van der Waals surface area contributed by atoms with Gasteiger partial charge in [0.25, 0.3) is 11.8 Å². The number of ether oxygens (including phenoxy) is 1. The molecular weight excluding hydrogens is 877 g/mol. The van der Waals surface area contributed by atoms with Crippen molar-refractivity contribution >= 4 is 46.5 Å². The molecule has 1 atom stereocenters.